The smallest absolute Gasteiger partial charge is 0.271 e. The third-order valence-corrected chi connectivity index (χ3v) is 9.24. The van der Waals surface area contributed by atoms with E-state index in [2.05, 4.69) is 10.5 Å². The van der Waals surface area contributed by atoms with Crippen LogP contribution in [0.5, 0.6) is 0 Å². The average Bonchev–Trinajstić information content (AvgIpc) is 3.31. The highest BCUT2D eigenvalue weighted by Gasteiger charge is 2.68. The number of benzene rings is 5. The minimum atomic E-state index is -1.12. The Morgan fingerprint density at radius 3 is 2.12 bits per heavy atom. The Bertz CT molecular complexity index is 1970. The maximum atomic E-state index is 14.4. The number of nitrogens with zero attached hydrogens (tertiary/aromatic N) is 2. The molecule has 6 nitrogen and oxygen atoms in total. The monoisotopic (exact) mass is 565 g/mol. The molecular weight excluding hydrogens is 541 g/mol. The molecule has 1 N–H and O–H groups in total. The lowest BCUT2D eigenvalue weighted by Gasteiger charge is -2.52. The van der Waals surface area contributed by atoms with Gasteiger partial charge in [0.15, 0.2) is 0 Å². The lowest BCUT2D eigenvalue weighted by molar-refractivity contribution is -0.122. The number of carbonyl (C=O) groups excluding carboxylic acids is 3. The maximum absolute atomic E-state index is 14.4. The third kappa shape index (κ3) is 3.45. The van der Waals surface area contributed by atoms with E-state index in [0.29, 0.717) is 11.3 Å². The van der Waals surface area contributed by atoms with Crippen molar-refractivity contribution in [2.45, 2.75) is 11.3 Å². The van der Waals surface area contributed by atoms with Crippen LogP contribution in [-0.2, 0) is 15.0 Å². The molecule has 2 atom stereocenters. The Hall–Kier alpha value is -5.43. The summed E-state index contributed by atoms with van der Waals surface area (Å²) in [6, 6.07) is 34.2. The van der Waals surface area contributed by atoms with E-state index in [1.165, 1.54) is 29.2 Å². The molecule has 9 rings (SSSR count). The quantitative estimate of drug-likeness (QED) is 0.166. The van der Waals surface area contributed by atoms with Gasteiger partial charge in [0.2, 0.25) is 11.8 Å². The zero-order chi connectivity index (χ0) is 29.3. The van der Waals surface area contributed by atoms with Gasteiger partial charge in [-0.15, -0.1) is 0 Å². The van der Waals surface area contributed by atoms with Gasteiger partial charge in [0.1, 0.15) is 5.82 Å². The van der Waals surface area contributed by atoms with Crippen LogP contribution in [-0.4, -0.2) is 23.9 Å². The number of hydrogen-bond donors (Lipinski definition) is 1. The largest absolute Gasteiger partial charge is 0.274 e. The van der Waals surface area contributed by atoms with E-state index < -0.39 is 23.1 Å². The van der Waals surface area contributed by atoms with Crippen molar-refractivity contribution in [2.75, 3.05) is 4.90 Å². The molecule has 0 spiro atoms. The maximum Gasteiger partial charge on any atom is 0.271 e. The molecule has 0 saturated carbocycles. The molecule has 1 saturated heterocycles. The summed E-state index contributed by atoms with van der Waals surface area (Å²) in [4.78, 5) is 43.2. The Morgan fingerprint density at radius 2 is 1.40 bits per heavy atom. The fourth-order valence-corrected chi connectivity index (χ4v) is 7.57. The van der Waals surface area contributed by atoms with E-state index in [0.717, 1.165) is 33.0 Å². The van der Waals surface area contributed by atoms with Gasteiger partial charge in [-0.1, -0.05) is 84.9 Å². The van der Waals surface area contributed by atoms with E-state index in [9.17, 15) is 18.8 Å². The van der Waals surface area contributed by atoms with Crippen LogP contribution in [0.2, 0.25) is 0 Å². The predicted octanol–water partition coefficient (Wildman–Crippen LogP) is 5.95. The van der Waals surface area contributed by atoms with Crippen molar-refractivity contribution in [1.82, 2.24) is 5.43 Å². The SMILES string of the molecule is O=C(N/N=C\C12c3ccccc3C(c3ccccc31)[C@@H]1C(=O)N(c3ccc(F)cc3)C(=O)[C@H]12)c1cccc2ccccc12. The van der Waals surface area contributed by atoms with Gasteiger partial charge in [0, 0.05) is 17.7 Å². The predicted molar refractivity (Wildman–Crippen MR) is 161 cm³/mol. The van der Waals surface area contributed by atoms with Crippen molar-refractivity contribution in [3.63, 3.8) is 0 Å². The van der Waals surface area contributed by atoms with Gasteiger partial charge in [-0.05, 0) is 63.4 Å². The number of hydrazone groups is 1. The molecule has 0 aromatic heterocycles. The summed E-state index contributed by atoms with van der Waals surface area (Å²) in [6.45, 7) is 0. The first-order valence-corrected chi connectivity index (χ1v) is 14.2. The number of fused-ring (bicyclic) bond motifs is 1. The van der Waals surface area contributed by atoms with Crippen molar-refractivity contribution in [3.8, 4) is 0 Å². The number of anilines is 1. The van der Waals surface area contributed by atoms with Crippen LogP contribution < -0.4 is 10.3 Å². The minimum absolute atomic E-state index is 0.326. The number of amides is 3. The molecule has 1 heterocycles. The summed E-state index contributed by atoms with van der Waals surface area (Å²) in [7, 11) is 0. The molecule has 208 valence electrons. The highest BCUT2D eigenvalue weighted by molar-refractivity contribution is 6.25. The topological polar surface area (TPSA) is 78.8 Å². The van der Waals surface area contributed by atoms with Crippen molar-refractivity contribution in [1.29, 1.82) is 0 Å². The minimum Gasteiger partial charge on any atom is -0.274 e. The second kappa shape index (κ2) is 9.29. The lowest BCUT2D eigenvalue weighted by Crippen LogP contribution is -2.54. The Kier molecular flexibility index (Phi) is 5.46. The molecule has 5 aromatic carbocycles. The van der Waals surface area contributed by atoms with Gasteiger partial charge in [-0.2, -0.15) is 5.10 Å². The van der Waals surface area contributed by atoms with Crippen LogP contribution in [0, 0.1) is 17.7 Å². The Labute approximate surface area is 246 Å². The number of nitrogens with one attached hydrogen (secondary N) is 1. The van der Waals surface area contributed by atoms with Crippen molar-refractivity contribution in [2.24, 2.45) is 16.9 Å². The molecule has 2 bridgehead atoms. The second-order valence-electron chi connectivity index (χ2n) is 11.2. The van der Waals surface area contributed by atoms with Crippen LogP contribution in [0.15, 0.2) is 120 Å². The summed E-state index contributed by atoms with van der Waals surface area (Å²) in [6.07, 6.45) is 1.64. The fourth-order valence-electron chi connectivity index (χ4n) is 7.57. The molecule has 3 amide bonds. The van der Waals surface area contributed by atoms with Gasteiger partial charge in [-0.3, -0.25) is 14.4 Å². The Morgan fingerprint density at radius 1 is 0.767 bits per heavy atom. The normalized spacial score (nSPS) is 23.4. The van der Waals surface area contributed by atoms with Crippen molar-refractivity contribution >= 4 is 40.4 Å². The van der Waals surface area contributed by atoms with Crippen molar-refractivity contribution in [3.05, 3.63) is 149 Å². The molecule has 3 aliphatic carbocycles. The highest BCUT2D eigenvalue weighted by atomic mass is 19.1. The molecule has 43 heavy (non-hydrogen) atoms. The first-order valence-electron chi connectivity index (χ1n) is 14.2. The van der Waals surface area contributed by atoms with Gasteiger partial charge < -0.3 is 0 Å². The van der Waals surface area contributed by atoms with Crippen molar-refractivity contribution < 1.29 is 18.8 Å². The van der Waals surface area contributed by atoms with E-state index in [1.54, 1.807) is 12.3 Å². The second-order valence-corrected chi connectivity index (χ2v) is 11.2. The summed E-state index contributed by atoms with van der Waals surface area (Å²) in [5.74, 6) is -3.37. The fraction of sp³-hybridized carbons (Fsp3) is 0.111. The first-order chi connectivity index (χ1) is 21.0. The van der Waals surface area contributed by atoms with Gasteiger partial charge in [0.25, 0.3) is 5.91 Å². The van der Waals surface area contributed by atoms with Crippen LogP contribution >= 0.6 is 0 Å². The number of halogens is 1. The number of carbonyl (C=O) groups is 3. The van der Waals surface area contributed by atoms with Gasteiger partial charge in [-0.25, -0.2) is 14.7 Å². The molecule has 7 heteroatoms. The van der Waals surface area contributed by atoms with Gasteiger partial charge >= 0.3 is 0 Å². The zero-order valence-corrected chi connectivity index (χ0v) is 22.8. The molecule has 1 aliphatic heterocycles. The number of hydrogen-bond acceptors (Lipinski definition) is 4. The standard InChI is InChI=1S/C36H24FN3O3/c37-22-16-18-23(19-17-22)40-34(42)31-30-26-11-3-5-14-28(26)36(32(31)35(40)43,29-15-6-4-12-27(29)30)20-38-39-33(41)25-13-7-9-21-8-1-2-10-24(21)25/h1-20,30-32H,(H,39,41)/b38-20-/t30?,31-,32-,36?/m0/s1. The first kappa shape index (κ1) is 25.3. The van der Waals surface area contributed by atoms with Crippen LogP contribution in [0.1, 0.15) is 38.5 Å². The molecule has 5 aromatic rings. The zero-order valence-electron chi connectivity index (χ0n) is 22.8. The van der Waals surface area contributed by atoms with E-state index in [-0.39, 0.29) is 23.6 Å². The van der Waals surface area contributed by atoms with Crippen LogP contribution in [0.4, 0.5) is 10.1 Å². The van der Waals surface area contributed by atoms with Crippen LogP contribution in [0.3, 0.4) is 0 Å². The van der Waals surface area contributed by atoms with E-state index in [1.807, 2.05) is 84.9 Å². The van der Waals surface area contributed by atoms with E-state index in [4.69, 9.17) is 0 Å². The molecule has 0 radical (unpaired) electrons. The number of imide groups is 1. The van der Waals surface area contributed by atoms with E-state index >= 15 is 0 Å². The molecule has 4 aliphatic rings. The molecule has 1 fully saturated rings. The summed E-state index contributed by atoms with van der Waals surface area (Å²) >= 11 is 0. The Balaban J connectivity index is 1.28. The molecule has 0 unspecified atom stereocenters. The highest BCUT2D eigenvalue weighted by Crippen LogP contribution is 2.63. The third-order valence-electron chi connectivity index (χ3n) is 9.24. The number of rotatable bonds is 4. The lowest BCUT2D eigenvalue weighted by atomic mass is 9.47. The molecular formula is C36H24FN3O3. The van der Waals surface area contributed by atoms with Gasteiger partial charge in [0.05, 0.1) is 22.9 Å². The summed E-state index contributed by atoms with van der Waals surface area (Å²) in [5.41, 5.74) is 6.06. The summed E-state index contributed by atoms with van der Waals surface area (Å²) in [5, 5.41) is 6.25. The van der Waals surface area contributed by atoms with Crippen LogP contribution in [0.25, 0.3) is 10.8 Å². The average molecular weight is 566 g/mol. The summed E-state index contributed by atoms with van der Waals surface area (Å²) < 4.78 is 13.8.